The first kappa shape index (κ1) is 56.1. The van der Waals surface area contributed by atoms with Crippen molar-refractivity contribution in [2.24, 2.45) is 22.7 Å². The van der Waals surface area contributed by atoms with Gasteiger partial charge in [-0.1, -0.05) is 139 Å². The molecular formula is C64H66N6O12. The molecule has 5 aromatic carbocycles. The van der Waals surface area contributed by atoms with Crippen LogP contribution in [-0.4, -0.2) is 70.2 Å². The maximum atomic E-state index is 14.0. The fraction of sp³-hybridized carbons (Fsp3) is 0.328. The summed E-state index contributed by atoms with van der Waals surface area (Å²) in [6.07, 6.45) is 1.77. The van der Waals surface area contributed by atoms with Crippen LogP contribution in [0.25, 0.3) is 22.2 Å². The normalized spacial score (nSPS) is 18.5. The number of amides is 2. The van der Waals surface area contributed by atoms with Gasteiger partial charge >= 0.3 is 17.9 Å². The average molecular weight is 1110 g/mol. The molecule has 3 aliphatic rings. The summed E-state index contributed by atoms with van der Waals surface area (Å²) < 4.78 is 35.0. The zero-order valence-electron chi connectivity index (χ0n) is 47.2. The van der Waals surface area contributed by atoms with Crippen molar-refractivity contribution in [3.05, 3.63) is 184 Å². The minimum Gasteiger partial charge on any atom is -0.508 e. The molecule has 0 aliphatic carbocycles. The van der Waals surface area contributed by atoms with Gasteiger partial charge < -0.3 is 53.8 Å². The van der Waals surface area contributed by atoms with Gasteiger partial charge in [0.1, 0.15) is 35.6 Å². The van der Waals surface area contributed by atoms with Crippen LogP contribution in [0.5, 0.6) is 11.5 Å². The Morgan fingerprint density at radius 2 is 1.49 bits per heavy atom. The van der Waals surface area contributed by atoms with E-state index in [0.717, 1.165) is 44.4 Å². The summed E-state index contributed by atoms with van der Waals surface area (Å²) in [6.45, 7) is 13.7. The number of H-pyrrole nitrogens is 1. The molecule has 0 radical (unpaired) electrons. The molecule has 18 heteroatoms. The van der Waals surface area contributed by atoms with Crippen molar-refractivity contribution >= 4 is 46.3 Å². The molecule has 3 aliphatic heterocycles. The van der Waals surface area contributed by atoms with Crippen molar-refractivity contribution in [3.63, 3.8) is 0 Å². The molecule has 6 heterocycles. The van der Waals surface area contributed by atoms with E-state index in [1.54, 1.807) is 18.3 Å². The summed E-state index contributed by atoms with van der Waals surface area (Å²) in [5.41, 5.74) is 4.79. The zero-order valence-corrected chi connectivity index (χ0v) is 47.2. The Labute approximate surface area is 474 Å². The number of phenolic OH excluding ortho intramolecular Hbond substituents is 1. The predicted molar refractivity (Wildman–Crippen MR) is 303 cm³/mol. The Bertz CT molecular complexity index is 3700. The van der Waals surface area contributed by atoms with Crippen LogP contribution in [0.1, 0.15) is 133 Å². The van der Waals surface area contributed by atoms with Gasteiger partial charge in [0.25, 0.3) is 0 Å². The highest BCUT2D eigenvalue weighted by molar-refractivity contribution is 6.01. The van der Waals surface area contributed by atoms with E-state index in [1.165, 1.54) is 26.4 Å². The predicted octanol–water partition coefficient (Wildman–Crippen LogP) is 10.8. The number of aromatic nitrogens is 3. The van der Waals surface area contributed by atoms with Crippen LogP contribution in [0.3, 0.4) is 0 Å². The monoisotopic (exact) mass is 1110 g/mol. The molecule has 4 bridgehead atoms. The highest BCUT2D eigenvalue weighted by Gasteiger charge is 2.61. The second-order valence-corrected chi connectivity index (χ2v) is 23.2. The Hall–Kier alpha value is -9.19. The number of aromatic hydroxyl groups is 1. The number of phenols is 1. The Kier molecular flexibility index (Phi) is 15.3. The lowest BCUT2D eigenvalue weighted by atomic mass is 9.72. The van der Waals surface area contributed by atoms with Crippen LogP contribution in [0.15, 0.2) is 136 Å². The van der Waals surface area contributed by atoms with Crippen LogP contribution in [0.2, 0.25) is 0 Å². The number of hydrogen-bond donors (Lipinski definition) is 5. The third-order valence-corrected chi connectivity index (χ3v) is 15.2. The molecule has 0 saturated carbocycles. The number of nitrogens with one attached hydrogen (secondary N) is 4. The molecule has 82 heavy (non-hydrogen) atoms. The maximum absolute atomic E-state index is 14.0. The second kappa shape index (κ2) is 22.4. The highest BCUT2D eigenvalue weighted by Crippen LogP contribution is 2.59. The number of benzene rings is 5. The van der Waals surface area contributed by atoms with Crippen LogP contribution in [0.4, 0.5) is 5.69 Å². The summed E-state index contributed by atoms with van der Waals surface area (Å²) in [5, 5.41) is 20.3. The maximum Gasteiger partial charge on any atom is 0.360 e. The number of oxazole rings is 2. The van der Waals surface area contributed by atoms with E-state index in [4.69, 9.17) is 27.8 Å². The number of hydrogen-bond acceptors (Lipinski definition) is 15. The topological polar surface area (TPSA) is 246 Å². The number of aromatic amines is 1. The van der Waals surface area contributed by atoms with E-state index in [2.05, 4.69) is 37.0 Å². The van der Waals surface area contributed by atoms with Crippen molar-refractivity contribution in [1.29, 1.82) is 0 Å². The van der Waals surface area contributed by atoms with Crippen LogP contribution in [0, 0.1) is 22.7 Å². The molecule has 6 atom stereocenters. The molecule has 0 saturated heterocycles. The highest BCUT2D eigenvalue weighted by atomic mass is 16.5. The molecule has 0 fully saturated rings. The minimum atomic E-state index is -0.967. The van der Waals surface area contributed by atoms with Gasteiger partial charge in [-0.05, 0) is 76.3 Å². The number of nitrogens with zero attached hydrogens (tertiary/aromatic N) is 2. The van der Waals surface area contributed by atoms with Gasteiger partial charge in [-0.2, -0.15) is 0 Å². The summed E-state index contributed by atoms with van der Waals surface area (Å²) in [7, 11) is 2.59. The Morgan fingerprint density at radius 1 is 0.793 bits per heavy atom. The van der Waals surface area contributed by atoms with Gasteiger partial charge in [-0.25, -0.2) is 19.6 Å². The van der Waals surface area contributed by atoms with Crippen molar-refractivity contribution in [2.75, 3.05) is 19.5 Å². The van der Waals surface area contributed by atoms with Crippen LogP contribution in [-0.2, 0) is 53.5 Å². The van der Waals surface area contributed by atoms with E-state index in [0.29, 0.717) is 23.5 Å². The number of carbonyl (C=O) groups excluding carboxylic acids is 5. The fourth-order valence-electron chi connectivity index (χ4n) is 10.9. The molecule has 8 aromatic rings. The molecule has 1 spiro atoms. The quantitative estimate of drug-likeness (QED) is 0.0564. The van der Waals surface area contributed by atoms with Crippen molar-refractivity contribution in [2.45, 2.75) is 98.1 Å². The Balaban J connectivity index is 0.000000189. The minimum absolute atomic E-state index is 0.0177. The first-order valence-corrected chi connectivity index (χ1v) is 27.2. The number of para-hydroxylation sites is 2. The SMILES string of the molecule is COC(=O)c1nc([C@@H](NC(=O)[C@@H](CC(=O)OCc2ccccc2)Cc2ccc(O)cc2)C(C)(C)C)oc1-c1c[nH]c2ccccc12.COC(=O)c1nc2oc1[C@@]13c4ccccc4N[C@@H]1Oc1ccc(cc13)C[C@H](C)C(=O)N[C@H]2C(C)(C)C. The third-order valence-electron chi connectivity index (χ3n) is 15.2. The van der Waals surface area contributed by atoms with E-state index >= 15 is 0 Å². The molecule has 0 unspecified atom stereocenters. The van der Waals surface area contributed by atoms with E-state index in [1.807, 2.05) is 139 Å². The van der Waals surface area contributed by atoms with Crippen molar-refractivity contribution in [3.8, 4) is 22.8 Å². The number of methoxy groups -OCH3 is 2. The molecule has 18 nitrogen and oxygen atoms in total. The third kappa shape index (κ3) is 10.9. The lowest BCUT2D eigenvalue weighted by Gasteiger charge is -2.31. The van der Waals surface area contributed by atoms with Crippen LogP contribution < -0.4 is 20.7 Å². The second-order valence-electron chi connectivity index (χ2n) is 23.2. The summed E-state index contributed by atoms with van der Waals surface area (Å²) in [6, 6.07) is 35.9. The summed E-state index contributed by atoms with van der Waals surface area (Å²) in [4.78, 5) is 78.7. The van der Waals surface area contributed by atoms with Crippen LogP contribution >= 0.6 is 0 Å². The van der Waals surface area contributed by atoms with Gasteiger partial charge in [-0.3, -0.25) is 14.4 Å². The molecular weight excluding hydrogens is 1040 g/mol. The first-order chi connectivity index (χ1) is 39.2. The molecule has 424 valence electrons. The van der Waals surface area contributed by atoms with E-state index in [9.17, 15) is 29.1 Å². The van der Waals surface area contributed by atoms with Gasteiger partial charge in [0.15, 0.2) is 29.1 Å². The van der Waals surface area contributed by atoms with E-state index < -0.39 is 64.3 Å². The van der Waals surface area contributed by atoms with E-state index in [-0.39, 0.29) is 66.0 Å². The van der Waals surface area contributed by atoms with Gasteiger partial charge in [0.05, 0.1) is 26.6 Å². The number of rotatable bonds is 12. The number of fused-ring (bicyclic) bond motifs is 5. The summed E-state index contributed by atoms with van der Waals surface area (Å²) in [5.74, 6) is -1.71. The molecule has 3 aromatic heterocycles. The standard InChI is InChI=1S/C36H37N3O7.C28H29N3O5/c1-36(2,3)32(34-38-30(35(43)44-4)31(46-34)27-20-37-28-13-9-8-12-26(27)28)39-33(42)24(18-22-14-16-25(40)17-15-22)19-29(41)45-21-23-10-6-5-7-11-23;1-14-12-15-10-11-19-17(13-15)28(16-8-6-7-9-18(16)29-26(28)35-19)22-20(25(33)34-5)30-24(36-22)21(27(2,3)4)31-23(14)32/h5-17,20,24,32,37,40H,18-19,21H2,1-4H3,(H,39,42);6-11,13-14,21,26,29H,12H2,1-5H3,(H,31,32)/t24-,32-;14-,21+,26+,28-/m10/s1. The largest absolute Gasteiger partial charge is 0.508 e. The van der Waals surface area contributed by atoms with Crippen molar-refractivity contribution in [1.82, 2.24) is 25.6 Å². The number of anilines is 1. The molecule has 5 N–H and O–H groups in total. The fourth-order valence-corrected chi connectivity index (χ4v) is 10.9. The molecule has 11 rings (SSSR count). The van der Waals surface area contributed by atoms with Crippen molar-refractivity contribution < 1.29 is 56.9 Å². The number of ether oxygens (including phenoxy) is 4. The number of esters is 3. The smallest absolute Gasteiger partial charge is 0.360 e. The first-order valence-electron chi connectivity index (χ1n) is 27.2. The lowest BCUT2D eigenvalue weighted by molar-refractivity contribution is -0.148. The van der Waals surface area contributed by atoms with Gasteiger partial charge in [0, 0.05) is 39.8 Å². The zero-order chi connectivity index (χ0) is 58.3. The molecule has 2 amide bonds. The lowest BCUT2D eigenvalue weighted by Crippen LogP contribution is -2.41. The Morgan fingerprint density at radius 3 is 2.21 bits per heavy atom. The number of carbonyl (C=O) groups is 5. The summed E-state index contributed by atoms with van der Waals surface area (Å²) >= 11 is 0. The van der Waals surface area contributed by atoms with Gasteiger partial charge in [-0.15, -0.1) is 0 Å². The van der Waals surface area contributed by atoms with Gasteiger partial charge in [0.2, 0.25) is 23.6 Å². The average Bonchev–Trinajstić information content (AvgIpc) is 3.23.